The van der Waals surface area contributed by atoms with Gasteiger partial charge in [0, 0.05) is 45.2 Å². The largest absolute Gasteiger partial charge is 0.343 e. The molecule has 0 spiro atoms. The van der Waals surface area contributed by atoms with E-state index in [1.54, 1.807) is 0 Å². The second-order valence-electron chi connectivity index (χ2n) is 15.9. The van der Waals surface area contributed by atoms with E-state index < -0.39 is 0 Å². The highest BCUT2D eigenvalue weighted by Gasteiger charge is 2.14. The topological polar surface area (TPSA) is 80.5 Å². The second kappa shape index (κ2) is 43.0. The van der Waals surface area contributed by atoms with Gasteiger partial charge >= 0.3 is 0 Å². The molecule has 0 aliphatic rings. The molecule has 0 bridgehead atoms. The van der Waals surface area contributed by atoms with Crippen molar-refractivity contribution in [2.45, 2.75) is 245 Å². The summed E-state index contributed by atoms with van der Waals surface area (Å²) in [7, 11) is 0. The van der Waals surface area contributed by atoms with Crippen molar-refractivity contribution < 1.29 is 14.4 Å². The van der Waals surface area contributed by atoms with Crippen LogP contribution >= 0.6 is 0 Å². The van der Waals surface area contributed by atoms with Gasteiger partial charge in [0.2, 0.25) is 5.91 Å². The molecule has 0 aliphatic carbocycles. The van der Waals surface area contributed by atoms with Crippen molar-refractivity contribution in [3.05, 3.63) is 24.3 Å². The van der Waals surface area contributed by atoms with E-state index >= 15 is 0 Å². The SMILES string of the molecule is CCCCCCCC/C=C\CCCCCCCC(=O)CCCN(CCCC(=O)CCCCCCC/C=C\CCCCCCCC)C(=O)CCCCCN. The Morgan fingerprint density at radius 1 is 0.377 bits per heavy atom. The van der Waals surface area contributed by atoms with Gasteiger partial charge in [-0.05, 0) is 96.4 Å². The minimum atomic E-state index is 0.163. The van der Waals surface area contributed by atoms with Crippen LogP contribution in [0.5, 0.6) is 0 Å². The number of ketones is 2. The van der Waals surface area contributed by atoms with Crippen molar-refractivity contribution in [1.29, 1.82) is 0 Å². The number of hydrogen-bond donors (Lipinski definition) is 1. The van der Waals surface area contributed by atoms with Gasteiger partial charge in [0.25, 0.3) is 0 Å². The van der Waals surface area contributed by atoms with E-state index in [0.717, 1.165) is 57.8 Å². The highest BCUT2D eigenvalue weighted by Crippen LogP contribution is 2.14. The van der Waals surface area contributed by atoms with Crippen LogP contribution in [0.3, 0.4) is 0 Å². The lowest BCUT2D eigenvalue weighted by Gasteiger charge is -2.23. The zero-order chi connectivity index (χ0) is 38.7. The predicted octanol–water partition coefficient (Wildman–Crippen LogP) is 14.1. The van der Waals surface area contributed by atoms with E-state index in [1.807, 2.05) is 4.90 Å². The predicted molar refractivity (Wildman–Crippen MR) is 231 cm³/mol. The molecule has 5 nitrogen and oxygen atoms in total. The summed E-state index contributed by atoms with van der Waals surface area (Å²) in [6.07, 6.45) is 49.5. The van der Waals surface area contributed by atoms with E-state index in [4.69, 9.17) is 5.73 Å². The Kier molecular flexibility index (Phi) is 41.6. The number of rotatable bonds is 43. The number of carbonyl (C=O) groups is 3. The van der Waals surface area contributed by atoms with Gasteiger partial charge < -0.3 is 10.6 Å². The molecule has 0 aliphatic heterocycles. The molecule has 0 aromatic carbocycles. The Labute approximate surface area is 330 Å². The zero-order valence-corrected chi connectivity index (χ0v) is 35.6. The first kappa shape index (κ1) is 51.2. The molecule has 0 aromatic heterocycles. The van der Waals surface area contributed by atoms with Crippen LogP contribution in [0.25, 0.3) is 0 Å². The highest BCUT2D eigenvalue weighted by atomic mass is 16.2. The van der Waals surface area contributed by atoms with Crippen molar-refractivity contribution in [3.8, 4) is 0 Å². The molecule has 310 valence electrons. The smallest absolute Gasteiger partial charge is 0.222 e. The lowest BCUT2D eigenvalue weighted by atomic mass is 10.0. The molecule has 1 amide bonds. The second-order valence-corrected chi connectivity index (χ2v) is 15.9. The number of hydrogen-bond acceptors (Lipinski definition) is 4. The van der Waals surface area contributed by atoms with E-state index in [1.165, 1.54) is 141 Å². The third kappa shape index (κ3) is 39.7. The van der Waals surface area contributed by atoms with Crippen LogP contribution < -0.4 is 5.73 Å². The average Bonchev–Trinajstić information content (AvgIpc) is 3.15. The Balaban J connectivity index is 4.05. The quantitative estimate of drug-likeness (QED) is 0.0498. The van der Waals surface area contributed by atoms with Gasteiger partial charge in [0.15, 0.2) is 0 Å². The number of carbonyl (C=O) groups excluding carboxylic acids is 3. The maximum atomic E-state index is 13.0. The number of Topliss-reactive ketones (excluding diaryl/α,β-unsaturated/α-hetero) is 2. The monoisotopic (exact) mass is 743 g/mol. The molecule has 0 radical (unpaired) electrons. The maximum absolute atomic E-state index is 13.0. The van der Waals surface area contributed by atoms with E-state index in [-0.39, 0.29) is 5.91 Å². The van der Waals surface area contributed by atoms with Gasteiger partial charge in [-0.3, -0.25) is 14.4 Å². The molecule has 0 heterocycles. The Hall–Kier alpha value is -1.75. The molecule has 0 atom stereocenters. The fourth-order valence-corrected chi connectivity index (χ4v) is 7.09. The summed E-state index contributed by atoms with van der Waals surface area (Å²) in [5.41, 5.74) is 5.63. The fraction of sp³-hybridized carbons (Fsp3) is 0.854. The number of nitrogens with two attached hydrogens (primary N) is 1. The van der Waals surface area contributed by atoms with Gasteiger partial charge in [-0.1, -0.05) is 147 Å². The summed E-state index contributed by atoms with van der Waals surface area (Å²) in [6.45, 7) is 6.44. The van der Waals surface area contributed by atoms with Crippen molar-refractivity contribution in [2.75, 3.05) is 19.6 Å². The average molecular weight is 743 g/mol. The number of amides is 1. The van der Waals surface area contributed by atoms with Crippen LogP contribution in [-0.2, 0) is 14.4 Å². The third-order valence-electron chi connectivity index (χ3n) is 10.6. The maximum Gasteiger partial charge on any atom is 0.222 e. The normalized spacial score (nSPS) is 11.7. The Bertz CT molecular complexity index is 809. The van der Waals surface area contributed by atoms with Crippen LogP contribution in [0.4, 0.5) is 0 Å². The van der Waals surface area contributed by atoms with E-state index in [2.05, 4.69) is 38.2 Å². The van der Waals surface area contributed by atoms with Gasteiger partial charge in [0.05, 0.1) is 0 Å². The number of unbranched alkanes of at least 4 members (excludes halogenated alkanes) is 24. The summed E-state index contributed by atoms with van der Waals surface area (Å²) in [5.74, 6) is 0.817. The van der Waals surface area contributed by atoms with Crippen molar-refractivity contribution in [2.24, 2.45) is 5.73 Å². The standard InChI is InChI=1S/C48H90N2O3/c1-3-5-7-9-11-13-15-17-19-21-23-25-27-29-32-38-46(51)40-36-44-50(48(53)42-34-31-35-43-49)45-37-41-47(52)39-33-30-28-26-24-22-20-18-16-14-12-10-8-6-4-2/h17-20H,3-16,21-45,49H2,1-2H3/b19-17-,20-18-. The van der Waals surface area contributed by atoms with Gasteiger partial charge in [-0.15, -0.1) is 0 Å². The Morgan fingerprint density at radius 2 is 0.679 bits per heavy atom. The minimum Gasteiger partial charge on any atom is -0.343 e. The Morgan fingerprint density at radius 3 is 1.06 bits per heavy atom. The van der Waals surface area contributed by atoms with Gasteiger partial charge in [-0.25, -0.2) is 0 Å². The molecule has 0 aromatic rings. The fourth-order valence-electron chi connectivity index (χ4n) is 7.09. The molecular weight excluding hydrogens is 653 g/mol. The first-order valence-corrected chi connectivity index (χ1v) is 23.4. The summed E-state index contributed by atoms with van der Waals surface area (Å²) < 4.78 is 0. The van der Waals surface area contributed by atoms with Crippen LogP contribution in [0.15, 0.2) is 24.3 Å². The molecule has 0 saturated heterocycles. The molecule has 53 heavy (non-hydrogen) atoms. The molecule has 5 heteroatoms. The molecule has 0 fully saturated rings. The van der Waals surface area contributed by atoms with Crippen molar-refractivity contribution >= 4 is 17.5 Å². The van der Waals surface area contributed by atoms with Crippen LogP contribution in [0.1, 0.15) is 245 Å². The lowest BCUT2D eigenvalue weighted by molar-refractivity contribution is -0.132. The van der Waals surface area contributed by atoms with Crippen molar-refractivity contribution in [3.63, 3.8) is 0 Å². The van der Waals surface area contributed by atoms with E-state index in [9.17, 15) is 14.4 Å². The number of nitrogens with zero attached hydrogens (tertiary/aromatic N) is 1. The minimum absolute atomic E-state index is 0.163. The van der Waals surface area contributed by atoms with Crippen molar-refractivity contribution in [1.82, 2.24) is 4.90 Å². The number of allylic oxidation sites excluding steroid dienone is 4. The molecule has 0 rings (SSSR count). The molecular formula is C48H90N2O3. The van der Waals surface area contributed by atoms with Gasteiger partial charge in [0.1, 0.15) is 11.6 Å². The summed E-state index contributed by atoms with van der Waals surface area (Å²) >= 11 is 0. The summed E-state index contributed by atoms with van der Waals surface area (Å²) in [5, 5.41) is 0. The highest BCUT2D eigenvalue weighted by molar-refractivity contribution is 5.79. The zero-order valence-electron chi connectivity index (χ0n) is 35.6. The summed E-state index contributed by atoms with van der Waals surface area (Å²) in [4.78, 5) is 40.1. The van der Waals surface area contributed by atoms with Gasteiger partial charge in [-0.2, -0.15) is 0 Å². The third-order valence-corrected chi connectivity index (χ3v) is 10.6. The van der Waals surface area contributed by atoms with E-state index in [0.29, 0.717) is 63.3 Å². The molecule has 2 N–H and O–H groups in total. The molecule has 0 saturated carbocycles. The van der Waals surface area contributed by atoms with Crippen LogP contribution in [0, 0.1) is 0 Å². The first-order chi connectivity index (χ1) is 26.0. The molecule has 0 unspecified atom stereocenters. The summed E-state index contributed by atoms with van der Waals surface area (Å²) in [6, 6.07) is 0. The lowest BCUT2D eigenvalue weighted by Crippen LogP contribution is -2.33. The first-order valence-electron chi connectivity index (χ1n) is 23.4. The van der Waals surface area contributed by atoms with Crippen LogP contribution in [-0.4, -0.2) is 42.0 Å². The van der Waals surface area contributed by atoms with Crippen LogP contribution in [0.2, 0.25) is 0 Å².